The lowest BCUT2D eigenvalue weighted by Gasteiger charge is -2.03. The fraction of sp³-hybridized carbons (Fsp3) is 0.333. The van der Waals surface area contributed by atoms with Crippen molar-refractivity contribution in [2.45, 2.75) is 26.3 Å². The minimum Gasteiger partial charge on any atom is -0.361 e. The quantitative estimate of drug-likeness (QED) is 0.746. The van der Waals surface area contributed by atoms with Crippen molar-refractivity contribution in [2.24, 2.45) is 5.73 Å². The van der Waals surface area contributed by atoms with Crippen molar-refractivity contribution >= 4 is 10.9 Å². The maximum absolute atomic E-state index is 5.80. The van der Waals surface area contributed by atoms with Crippen molar-refractivity contribution in [3.05, 3.63) is 35.5 Å². The second kappa shape index (κ2) is 3.46. The van der Waals surface area contributed by atoms with E-state index in [4.69, 9.17) is 5.73 Å². The van der Waals surface area contributed by atoms with E-state index in [-0.39, 0.29) is 6.04 Å². The van der Waals surface area contributed by atoms with Gasteiger partial charge in [0.1, 0.15) is 0 Å². The Bertz CT molecular complexity index is 441. The van der Waals surface area contributed by atoms with E-state index < -0.39 is 0 Å². The van der Waals surface area contributed by atoms with Crippen molar-refractivity contribution in [1.29, 1.82) is 0 Å². The standard InChI is InChI=1S/C12H16N2/c1-8-3-4-12-11(5-8)10(7-14-12)6-9(2)13/h3-5,7,9,14H,6,13H2,1-2H3/t9-/m0/s1. The predicted molar refractivity (Wildman–Crippen MR) is 60.4 cm³/mol. The van der Waals surface area contributed by atoms with Gasteiger partial charge in [-0.1, -0.05) is 11.6 Å². The Kier molecular flexibility index (Phi) is 2.30. The van der Waals surface area contributed by atoms with Gasteiger partial charge >= 0.3 is 0 Å². The summed E-state index contributed by atoms with van der Waals surface area (Å²) in [5.41, 5.74) is 9.61. The lowest BCUT2D eigenvalue weighted by atomic mass is 10.1. The highest BCUT2D eigenvalue weighted by atomic mass is 14.7. The lowest BCUT2D eigenvalue weighted by Crippen LogP contribution is -2.17. The van der Waals surface area contributed by atoms with Gasteiger partial charge in [0.15, 0.2) is 0 Å². The van der Waals surface area contributed by atoms with Gasteiger partial charge < -0.3 is 10.7 Å². The number of benzene rings is 1. The SMILES string of the molecule is Cc1ccc2[nH]cc(C[C@H](C)N)c2c1. The molecule has 2 rings (SSSR count). The van der Waals surface area contributed by atoms with Crippen LogP contribution in [0.4, 0.5) is 0 Å². The molecule has 0 radical (unpaired) electrons. The zero-order valence-electron chi connectivity index (χ0n) is 8.67. The van der Waals surface area contributed by atoms with Gasteiger partial charge in [0.25, 0.3) is 0 Å². The summed E-state index contributed by atoms with van der Waals surface area (Å²) in [6.07, 6.45) is 3.00. The van der Waals surface area contributed by atoms with Crippen LogP contribution in [0.25, 0.3) is 10.9 Å². The Labute approximate surface area is 84.1 Å². The van der Waals surface area contributed by atoms with Gasteiger partial charge in [0.05, 0.1) is 0 Å². The highest BCUT2D eigenvalue weighted by Crippen LogP contribution is 2.20. The summed E-state index contributed by atoms with van der Waals surface area (Å²) in [5, 5.41) is 1.31. The van der Waals surface area contributed by atoms with Crippen molar-refractivity contribution in [1.82, 2.24) is 4.98 Å². The number of nitrogens with one attached hydrogen (secondary N) is 1. The van der Waals surface area contributed by atoms with Crippen molar-refractivity contribution in [2.75, 3.05) is 0 Å². The van der Waals surface area contributed by atoms with Crippen molar-refractivity contribution < 1.29 is 0 Å². The fourth-order valence-electron chi connectivity index (χ4n) is 1.81. The molecule has 0 amide bonds. The smallest absolute Gasteiger partial charge is 0.0456 e. The molecule has 3 N–H and O–H groups in total. The third-order valence-electron chi connectivity index (χ3n) is 2.46. The van der Waals surface area contributed by atoms with Gasteiger partial charge in [-0.05, 0) is 38.0 Å². The molecule has 0 aliphatic heterocycles. The molecule has 14 heavy (non-hydrogen) atoms. The summed E-state index contributed by atoms with van der Waals surface area (Å²) < 4.78 is 0. The van der Waals surface area contributed by atoms with E-state index in [9.17, 15) is 0 Å². The predicted octanol–water partition coefficient (Wildman–Crippen LogP) is 2.37. The number of aryl methyl sites for hydroxylation is 1. The van der Waals surface area contributed by atoms with Gasteiger partial charge in [-0.2, -0.15) is 0 Å². The van der Waals surface area contributed by atoms with E-state index in [0.717, 1.165) is 6.42 Å². The van der Waals surface area contributed by atoms with Crippen LogP contribution >= 0.6 is 0 Å². The zero-order chi connectivity index (χ0) is 10.1. The Hall–Kier alpha value is -1.28. The van der Waals surface area contributed by atoms with Crippen LogP contribution in [0.1, 0.15) is 18.1 Å². The maximum atomic E-state index is 5.80. The number of hydrogen-bond donors (Lipinski definition) is 2. The minimum atomic E-state index is 0.217. The van der Waals surface area contributed by atoms with Gasteiger partial charge in [0, 0.05) is 23.1 Å². The molecule has 0 fully saturated rings. The van der Waals surface area contributed by atoms with Gasteiger partial charge in [-0.15, -0.1) is 0 Å². The highest BCUT2D eigenvalue weighted by Gasteiger charge is 2.05. The summed E-state index contributed by atoms with van der Waals surface area (Å²) in [5.74, 6) is 0. The molecular weight excluding hydrogens is 172 g/mol. The molecular formula is C12H16N2. The molecule has 0 aliphatic rings. The average molecular weight is 188 g/mol. The first-order chi connectivity index (χ1) is 6.66. The second-order valence-corrected chi connectivity index (χ2v) is 4.04. The van der Waals surface area contributed by atoms with E-state index >= 15 is 0 Å². The molecule has 1 heterocycles. The molecule has 2 heteroatoms. The molecule has 0 aliphatic carbocycles. The number of rotatable bonds is 2. The van der Waals surface area contributed by atoms with E-state index in [1.54, 1.807) is 0 Å². The minimum absolute atomic E-state index is 0.217. The monoisotopic (exact) mass is 188 g/mol. The van der Waals surface area contributed by atoms with Crippen LogP contribution in [-0.4, -0.2) is 11.0 Å². The third kappa shape index (κ3) is 1.66. The number of aromatic nitrogens is 1. The molecule has 1 aromatic heterocycles. The van der Waals surface area contributed by atoms with Crippen LogP contribution in [0.5, 0.6) is 0 Å². The third-order valence-corrected chi connectivity index (χ3v) is 2.46. The van der Waals surface area contributed by atoms with E-state index in [1.165, 1.54) is 22.0 Å². The molecule has 0 spiro atoms. The van der Waals surface area contributed by atoms with Crippen LogP contribution < -0.4 is 5.73 Å². The molecule has 74 valence electrons. The Morgan fingerprint density at radius 2 is 2.21 bits per heavy atom. The van der Waals surface area contributed by atoms with Crippen LogP contribution in [0.3, 0.4) is 0 Å². The normalized spacial score (nSPS) is 13.4. The fourth-order valence-corrected chi connectivity index (χ4v) is 1.81. The molecule has 0 saturated heterocycles. The summed E-state index contributed by atoms with van der Waals surface area (Å²) in [7, 11) is 0. The summed E-state index contributed by atoms with van der Waals surface area (Å²) >= 11 is 0. The van der Waals surface area contributed by atoms with E-state index in [0.29, 0.717) is 0 Å². The Balaban J connectivity index is 2.50. The van der Waals surface area contributed by atoms with Gasteiger partial charge in [-0.25, -0.2) is 0 Å². The van der Waals surface area contributed by atoms with Crippen molar-refractivity contribution in [3.63, 3.8) is 0 Å². The van der Waals surface area contributed by atoms with Gasteiger partial charge in [-0.3, -0.25) is 0 Å². The first kappa shape index (κ1) is 9.28. The van der Waals surface area contributed by atoms with Crippen LogP contribution in [0, 0.1) is 6.92 Å². The van der Waals surface area contributed by atoms with E-state index in [1.807, 2.05) is 6.92 Å². The molecule has 0 unspecified atom stereocenters. The molecule has 2 aromatic rings. The van der Waals surface area contributed by atoms with Gasteiger partial charge in [0.2, 0.25) is 0 Å². The summed E-state index contributed by atoms with van der Waals surface area (Å²) in [6, 6.07) is 6.67. The molecule has 0 bridgehead atoms. The van der Waals surface area contributed by atoms with Crippen LogP contribution in [0.15, 0.2) is 24.4 Å². The Morgan fingerprint density at radius 1 is 1.43 bits per heavy atom. The highest BCUT2D eigenvalue weighted by molar-refractivity contribution is 5.83. The molecule has 0 saturated carbocycles. The number of fused-ring (bicyclic) bond motifs is 1. The zero-order valence-corrected chi connectivity index (χ0v) is 8.67. The first-order valence-corrected chi connectivity index (χ1v) is 4.99. The number of H-pyrrole nitrogens is 1. The average Bonchev–Trinajstić information content (AvgIpc) is 2.47. The molecule has 1 atom stereocenters. The number of nitrogens with two attached hydrogens (primary N) is 1. The van der Waals surface area contributed by atoms with Crippen LogP contribution in [0.2, 0.25) is 0 Å². The summed E-state index contributed by atoms with van der Waals surface area (Å²) in [6.45, 7) is 4.15. The topological polar surface area (TPSA) is 41.8 Å². The van der Waals surface area contributed by atoms with Crippen LogP contribution in [-0.2, 0) is 6.42 Å². The largest absolute Gasteiger partial charge is 0.361 e. The Morgan fingerprint density at radius 3 is 2.93 bits per heavy atom. The first-order valence-electron chi connectivity index (χ1n) is 4.99. The van der Waals surface area contributed by atoms with Crippen molar-refractivity contribution in [3.8, 4) is 0 Å². The molecule has 1 aromatic carbocycles. The second-order valence-electron chi connectivity index (χ2n) is 4.04. The summed E-state index contributed by atoms with van der Waals surface area (Å²) in [4.78, 5) is 3.27. The molecule has 2 nitrogen and oxygen atoms in total. The lowest BCUT2D eigenvalue weighted by molar-refractivity contribution is 0.741. The number of aromatic amines is 1. The van der Waals surface area contributed by atoms with E-state index in [2.05, 4.69) is 36.3 Å². The number of hydrogen-bond acceptors (Lipinski definition) is 1. The maximum Gasteiger partial charge on any atom is 0.0456 e.